The molecule has 1 saturated heterocycles. The van der Waals surface area contributed by atoms with Crippen LogP contribution >= 0.6 is 0 Å². The molecule has 0 radical (unpaired) electrons. The molecule has 0 aromatic heterocycles. The van der Waals surface area contributed by atoms with Crippen molar-refractivity contribution in [1.29, 1.82) is 5.26 Å². The number of likely N-dealkylation sites (tertiary alicyclic amines) is 1. The first-order valence-electron chi connectivity index (χ1n) is 11.5. The Bertz CT molecular complexity index is 952. The van der Waals surface area contributed by atoms with Crippen LogP contribution < -0.4 is 5.32 Å². The highest BCUT2D eigenvalue weighted by molar-refractivity contribution is 5.80. The second kappa shape index (κ2) is 9.53. The lowest BCUT2D eigenvalue weighted by Crippen LogP contribution is -2.61. The standard InChI is InChI=1S/C24H27F4N3O3/c25-18-10-19(11-29)31(13-18)21(32)12-30-23-7-5-15(6-8-23)9-20(23)22(33)34-14-16-1-3-17(4-2-16)24(26,27)28/h1-4,15,18-20,30H,5-10,12-14H2/t15?,18-,19-,20?,23?/m0/s1. The quantitative estimate of drug-likeness (QED) is 0.494. The smallest absolute Gasteiger partial charge is 0.416 e. The van der Waals surface area contributed by atoms with Gasteiger partial charge in [0.1, 0.15) is 18.8 Å². The van der Waals surface area contributed by atoms with Gasteiger partial charge in [-0.3, -0.25) is 9.59 Å². The topological polar surface area (TPSA) is 82.4 Å². The number of hydrogen-bond donors (Lipinski definition) is 1. The fourth-order valence-corrected chi connectivity index (χ4v) is 5.54. The van der Waals surface area contributed by atoms with Crippen LogP contribution in [0.2, 0.25) is 0 Å². The maximum Gasteiger partial charge on any atom is 0.416 e. The van der Waals surface area contributed by atoms with Crippen molar-refractivity contribution in [2.45, 2.75) is 69.1 Å². The normalized spacial score (nSPS) is 30.7. The number of hydrogen-bond acceptors (Lipinski definition) is 5. The number of benzene rings is 1. The van der Waals surface area contributed by atoms with E-state index in [0.29, 0.717) is 30.7 Å². The predicted octanol–water partition coefficient (Wildman–Crippen LogP) is 3.75. The summed E-state index contributed by atoms with van der Waals surface area (Å²) in [6.45, 7) is -0.340. The minimum atomic E-state index is -4.43. The largest absolute Gasteiger partial charge is 0.461 e. The van der Waals surface area contributed by atoms with Crippen molar-refractivity contribution >= 4 is 11.9 Å². The third-order valence-electron chi connectivity index (χ3n) is 7.49. The van der Waals surface area contributed by atoms with E-state index in [1.54, 1.807) is 0 Å². The lowest BCUT2D eigenvalue weighted by Gasteiger charge is -2.51. The van der Waals surface area contributed by atoms with E-state index in [1.165, 1.54) is 17.0 Å². The fraction of sp³-hybridized carbons (Fsp3) is 0.625. The number of esters is 1. The van der Waals surface area contributed by atoms with Crippen molar-refractivity contribution < 1.29 is 31.9 Å². The van der Waals surface area contributed by atoms with Gasteiger partial charge in [0.15, 0.2) is 0 Å². The summed E-state index contributed by atoms with van der Waals surface area (Å²) in [7, 11) is 0. The Balaban J connectivity index is 1.38. The Morgan fingerprint density at radius 3 is 2.47 bits per heavy atom. The summed E-state index contributed by atoms with van der Waals surface area (Å²) in [5, 5.41) is 12.5. The van der Waals surface area contributed by atoms with E-state index in [1.807, 2.05) is 6.07 Å². The number of carbonyl (C=O) groups excluding carboxylic acids is 2. The van der Waals surface area contributed by atoms with Gasteiger partial charge in [-0.15, -0.1) is 0 Å². The van der Waals surface area contributed by atoms with E-state index in [9.17, 15) is 32.4 Å². The summed E-state index contributed by atoms with van der Waals surface area (Å²) >= 11 is 0. The monoisotopic (exact) mass is 481 g/mol. The Hall–Kier alpha value is -2.67. The number of carbonyl (C=O) groups is 2. The molecule has 2 bridgehead atoms. The van der Waals surface area contributed by atoms with Crippen molar-refractivity contribution in [3.63, 3.8) is 0 Å². The molecule has 1 N–H and O–H groups in total. The second-order valence-corrected chi connectivity index (χ2v) is 9.57. The fourth-order valence-electron chi connectivity index (χ4n) is 5.54. The van der Waals surface area contributed by atoms with Crippen LogP contribution in [-0.2, 0) is 27.1 Å². The van der Waals surface area contributed by atoms with Gasteiger partial charge in [-0.1, -0.05) is 12.1 Å². The molecule has 4 fully saturated rings. The summed E-state index contributed by atoms with van der Waals surface area (Å²) < 4.78 is 57.4. The van der Waals surface area contributed by atoms with E-state index in [-0.39, 0.29) is 32.0 Å². The molecule has 1 heterocycles. The zero-order valence-electron chi connectivity index (χ0n) is 18.6. The number of nitrogens with one attached hydrogen (secondary N) is 1. The Morgan fingerprint density at radius 2 is 1.85 bits per heavy atom. The molecule has 3 atom stereocenters. The van der Waals surface area contributed by atoms with Gasteiger partial charge in [-0.25, -0.2) is 4.39 Å². The summed E-state index contributed by atoms with van der Waals surface area (Å²) in [4.78, 5) is 27.0. The SMILES string of the molecule is N#C[C@@H]1C[C@H](F)CN1C(=O)CNC12CCC(CC1)CC2C(=O)OCc1ccc(C(F)(F)F)cc1. The Labute approximate surface area is 195 Å². The summed E-state index contributed by atoms with van der Waals surface area (Å²) in [6, 6.07) is 5.66. The number of amides is 1. The highest BCUT2D eigenvalue weighted by Gasteiger charge is 2.51. The molecule has 4 aliphatic rings. The number of ether oxygens (including phenoxy) is 1. The first-order valence-corrected chi connectivity index (χ1v) is 11.5. The molecule has 1 aromatic carbocycles. The number of halogens is 4. The molecule has 34 heavy (non-hydrogen) atoms. The highest BCUT2D eigenvalue weighted by Crippen LogP contribution is 2.48. The van der Waals surface area contributed by atoms with Gasteiger partial charge < -0.3 is 15.0 Å². The number of rotatable bonds is 6. The van der Waals surface area contributed by atoms with Crippen molar-refractivity contribution in [1.82, 2.24) is 10.2 Å². The predicted molar refractivity (Wildman–Crippen MR) is 113 cm³/mol. The third kappa shape index (κ3) is 5.04. The molecule has 184 valence electrons. The van der Waals surface area contributed by atoms with Crippen LogP contribution in [0.4, 0.5) is 17.6 Å². The Morgan fingerprint density at radius 1 is 1.18 bits per heavy atom. The van der Waals surface area contributed by atoms with Crippen molar-refractivity contribution in [2.24, 2.45) is 11.8 Å². The van der Waals surface area contributed by atoms with Gasteiger partial charge in [0.2, 0.25) is 5.91 Å². The molecule has 3 saturated carbocycles. The third-order valence-corrected chi connectivity index (χ3v) is 7.49. The number of nitrogens with zero attached hydrogens (tertiary/aromatic N) is 2. The van der Waals surface area contributed by atoms with E-state index in [2.05, 4.69) is 5.32 Å². The van der Waals surface area contributed by atoms with Crippen molar-refractivity contribution in [2.75, 3.05) is 13.1 Å². The second-order valence-electron chi connectivity index (χ2n) is 9.57. The van der Waals surface area contributed by atoms with E-state index in [0.717, 1.165) is 25.0 Å². The molecule has 6 nitrogen and oxygen atoms in total. The molecule has 5 rings (SSSR count). The summed E-state index contributed by atoms with van der Waals surface area (Å²) in [6.07, 6.45) is -1.80. The van der Waals surface area contributed by atoms with Crippen LogP contribution in [0.3, 0.4) is 0 Å². The first kappa shape index (κ1) is 24.5. The highest BCUT2D eigenvalue weighted by atomic mass is 19.4. The lowest BCUT2D eigenvalue weighted by molar-refractivity contribution is -0.159. The van der Waals surface area contributed by atoms with Crippen LogP contribution in [0.15, 0.2) is 24.3 Å². The van der Waals surface area contributed by atoms with Crippen molar-refractivity contribution in [3.05, 3.63) is 35.4 Å². The molecule has 3 aliphatic carbocycles. The minimum Gasteiger partial charge on any atom is -0.461 e. The van der Waals surface area contributed by atoms with Gasteiger partial charge >= 0.3 is 12.1 Å². The molecular formula is C24H27F4N3O3. The van der Waals surface area contributed by atoms with Gasteiger partial charge in [0, 0.05) is 12.0 Å². The van der Waals surface area contributed by atoms with Crippen LogP contribution in [0.5, 0.6) is 0 Å². The molecular weight excluding hydrogens is 454 g/mol. The summed E-state index contributed by atoms with van der Waals surface area (Å²) in [5.74, 6) is -0.909. The Kier molecular flexibility index (Phi) is 6.85. The molecule has 1 aromatic rings. The van der Waals surface area contributed by atoms with Crippen molar-refractivity contribution in [3.8, 4) is 6.07 Å². The van der Waals surface area contributed by atoms with Gasteiger partial charge in [0.25, 0.3) is 0 Å². The van der Waals surface area contributed by atoms with Crippen LogP contribution in [0.1, 0.15) is 49.7 Å². The van der Waals surface area contributed by atoms with Crippen LogP contribution in [-0.4, -0.2) is 47.6 Å². The molecule has 10 heteroatoms. The maximum absolute atomic E-state index is 13.7. The van der Waals surface area contributed by atoms with Gasteiger partial charge in [-0.05, 0) is 55.7 Å². The average molecular weight is 481 g/mol. The zero-order valence-corrected chi connectivity index (χ0v) is 18.6. The van der Waals surface area contributed by atoms with Crippen LogP contribution in [0.25, 0.3) is 0 Å². The number of fused-ring (bicyclic) bond motifs is 3. The average Bonchev–Trinajstić information content (AvgIpc) is 3.22. The van der Waals surface area contributed by atoms with Gasteiger partial charge in [0.05, 0.1) is 30.6 Å². The zero-order chi connectivity index (χ0) is 24.5. The molecule has 1 unspecified atom stereocenters. The maximum atomic E-state index is 13.7. The molecule has 1 amide bonds. The molecule has 1 aliphatic heterocycles. The molecule has 0 spiro atoms. The van der Waals surface area contributed by atoms with Gasteiger partial charge in [-0.2, -0.15) is 18.4 Å². The van der Waals surface area contributed by atoms with E-state index >= 15 is 0 Å². The number of nitriles is 1. The first-order chi connectivity index (χ1) is 16.1. The minimum absolute atomic E-state index is 0.00790. The van der Waals surface area contributed by atoms with E-state index in [4.69, 9.17) is 4.74 Å². The lowest BCUT2D eigenvalue weighted by atomic mass is 9.59. The summed E-state index contributed by atoms with van der Waals surface area (Å²) in [5.41, 5.74) is -0.939. The number of alkyl halides is 4. The van der Waals surface area contributed by atoms with Crippen LogP contribution in [0, 0.1) is 23.2 Å². The van der Waals surface area contributed by atoms with E-state index < -0.39 is 41.4 Å².